The Kier molecular flexibility index (Phi) is 4.56. The normalized spacial score (nSPS) is 21.3. The fourth-order valence-electron chi connectivity index (χ4n) is 1.18. The third-order valence-corrected chi connectivity index (χ3v) is 2.90. The van der Waals surface area contributed by atoms with Gasteiger partial charge in [-0.05, 0) is 0 Å². The molecule has 2 atom stereocenters. The van der Waals surface area contributed by atoms with E-state index in [1.807, 2.05) is 0 Å². The van der Waals surface area contributed by atoms with E-state index < -0.39 is 24.0 Å². The summed E-state index contributed by atoms with van der Waals surface area (Å²) in [6.45, 7) is -0.330. The van der Waals surface area contributed by atoms with Crippen molar-refractivity contribution < 1.29 is 24.6 Å². The zero-order valence-electron chi connectivity index (χ0n) is 8.30. The Bertz CT molecular complexity index is 309. The molecule has 1 aliphatic heterocycles. The molecule has 7 nitrogen and oxygen atoms in total. The Morgan fingerprint density at radius 2 is 2.31 bits per heavy atom. The number of carboxylic acids is 1. The van der Waals surface area contributed by atoms with Gasteiger partial charge in [0.25, 0.3) is 5.24 Å². The molecule has 0 radical (unpaired) electrons. The van der Waals surface area contributed by atoms with Crippen LogP contribution in [-0.4, -0.2) is 51.8 Å². The van der Waals surface area contributed by atoms with Gasteiger partial charge in [0, 0.05) is 18.8 Å². The van der Waals surface area contributed by atoms with Gasteiger partial charge in [0.05, 0.1) is 0 Å². The Hall–Kier alpha value is -1.28. The van der Waals surface area contributed by atoms with Crippen LogP contribution in [0, 0.1) is 0 Å². The molecule has 16 heavy (non-hydrogen) atoms. The van der Waals surface area contributed by atoms with Crippen LogP contribution in [-0.2, 0) is 9.59 Å². The number of aliphatic carboxylic acids is 1. The SMILES string of the molecule is O=C1NC(C(=O)N[C@@H](CCO)C(=O)O)CS1. The molecular weight excluding hydrogens is 236 g/mol. The van der Waals surface area contributed by atoms with Gasteiger partial charge >= 0.3 is 5.97 Å². The number of aliphatic hydroxyl groups excluding tert-OH is 1. The van der Waals surface area contributed by atoms with Gasteiger partial charge in [-0.2, -0.15) is 0 Å². The molecule has 0 aromatic rings. The summed E-state index contributed by atoms with van der Waals surface area (Å²) in [6, 6.07) is -1.82. The van der Waals surface area contributed by atoms with Gasteiger partial charge < -0.3 is 20.8 Å². The Morgan fingerprint density at radius 3 is 2.75 bits per heavy atom. The maximum absolute atomic E-state index is 11.5. The van der Waals surface area contributed by atoms with Crippen molar-refractivity contribution in [2.24, 2.45) is 0 Å². The second-order valence-electron chi connectivity index (χ2n) is 3.21. The van der Waals surface area contributed by atoms with Crippen molar-refractivity contribution in [3.8, 4) is 0 Å². The van der Waals surface area contributed by atoms with Gasteiger partial charge in [-0.15, -0.1) is 0 Å². The standard InChI is InChI=1S/C8H12N2O5S/c11-2-1-4(7(13)14)9-6(12)5-3-16-8(15)10-5/h4-5,11H,1-3H2,(H,9,12)(H,10,15)(H,13,14)/t4-,5?/m0/s1. The lowest BCUT2D eigenvalue weighted by atomic mass is 10.2. The van der Waals surface area contributed by atoms with Gasteiger partial charge in [0.1, 0.15) is 12.1 Å². The number of hydrogen-bond acceptors (Lipinski definition) is 5. The van der Waals surface area contributed by atoms with E-state index in [9.17, 15) is 14.4 Å². The molecule has 90 valence electrons. The first-order valence-electron chi connectivity index (χ1n) is 4.62. The molecule has 8 heteroatoms. The minimum absolute atomic E-state index is 0.0606. The molecule has 0 spiro atoms. The van der Waals surface area contributed by atoms with Gasteiger partial charge in [0.2, 0.25) is 5.91 Å². The fourth-order valence-corrected chi connectivity index (χ4v) is 1.96. The number of carbonyl (C=O) groups is 3. The van der Waals surface area contributed by atoms with Crippen LogP contribution >= 0.6 is 11.8 Å². The maximum atomic E-state index is 11.5. The van der Waals surface area contributed by atoms with E-state index in [0.717, 1.165) is 11.8 Å². The monoisotopic (exact) mass is 248 g/mol. The third kappa shape index (κ3) is 3.38. The van der Waals surface area contributed by atoms with Crippen LogP contribution in [0.4, 0.5) is 4.79 Å². The van der Waals surface area contributed by atoms with Crippen LogP contribution < -0.4 is 10.6 Å². The molecule has 0 aromatic carbocycles. The van der Waals surface area contributed by atoms with Crippen molar-refractivity contribution in [3.05, 3.63) is 0 Å². The number of aliphatic hydroxyl groups is 1. The predicted molar refractivity (Wildman–Crippen MR) is 56.0 cm³/mol. The molecule has 0 aliphatic carbocycles. The molecular formula is C8H12N2O5S. The van der Waals surface area contributed by atoms with Gasteiger partial charge in [-0.25, -0.2) is 4.79 Å². The zero-order chi connectivity index (χ0) is 12.1. The maximum Gasteiger partial charge on any atom is 0.326 e. The molecule has 2 amide bonds. The Morgan fingerprint density at radius 1 is 1.62 bits per heavy atom. The van der Waals surface area contributed by atoms with Crippen molar-refractivity contribution >= 4 is 28.9 Å². The lowest BCUT2D eigenvalue weighted by molar-refractivity contribution is -0.142. The van der Waals surface area contributed by atoms with Gasteiger partial charge in [-0.1, -0.05) is 11.8 Å². The molecule has 0 aromatic heterocycles. The highest BCUT2D eigenvalue weighted by Gasteiger charge is 2.30. The lowest BCUT2D eigenvalue weighted by Crippen LogP contribution is -2.49. The highest BCUT2D eigenvalue weighted by atomic mass is 32.2. The smallest absolute Gasteiger partial charge is 0.326 e. The molecule has 4 N–H and O–H groups in total. The predicted octanol–water partition coefficient (Wildman–Crippen LogP) is -1.24. The summed E-state index contributed by atoms with van der Waals surface area (Å²) >= 11 is 0.975. The van der Waals surface area contributed by atoms with Gasteiger partial charge in [-0.3, -0.25) is 9.59 Å². The summed E-state index contributed by atoms with van der Waals surface area (Å²) in [5, 5.41) is 21.7. The second kappa shape index (κ2) is 5.71. The van der Waals surface area contributed by atoms with E-state index in [1.165, 1.54) is 0 Å². The summed E-state index contributed by atoms with van der Waals surface area (Å²) in [4.78, 5) is 33.0. The van der Waals surface area contributed by atoms with Gasteiger partial charge in [0.15, 0.2) is 0 Å². The van der Waals surface area contributed by atoms with Crippen molar-refractivity contribution in [2.75, 3.05) is 12.4 Å². The quantitative estimate of drug-likeness (QED) is 0.484. The first-order chi connectivity index (χ1) is 7.54. The highest BCUT2D eigenvalue weighted by Crippen LogP contribution is 2.13. The third-order valence-electron chi connectivity index (χ3n) is 2.02. The Balaban J connectivity index is 2.48. The summed E-state index contributed by atoms with van der Waals surface area (Å²) in [5.41, 5.74) is 0. The number of carboxylic acid groups (broad SMARTS) is 1. The van der Waals surface area contributed by atoms with Crippen LogP contribution in [0.25, 0.3) is 0 Å². The minimum atomic E-state index is -1.21. The van der Waals surface area contributed by atoms with E-state index in [-0.39, 0.29) is 24.0 Å². The molecule has 0 saturated carbocycles. The summed E-state index contributed by atoms with van der Waals surface area (Å²) in [7, 11) is 0. The van der Waals surface area contributed by atoms with Crippen LogP contribution in [0.3, 0.4) is 0 Å². The van der Waals surface area contributed by atoms with E-state index in [4.69, 9.17) is 10.2 Å². The zero-order valence-corrected chi connectivity index (χ0v) is 9.12. The average molecular weight is 248 g/mol. The van der Waals surface area contributed by atoms with E-state index in [2.05, 4.69) is 10.6 Å². The van der Waals surface area contributed by atoms with Crippen LogP contribution in [0.2, 0.25) is 0 Å². The van der Waals surface area contributed by atoms with Crippen LogP contribution in [0.5, 0.6) is 0 Å². The van der Waals surface area contributed by atoms with Crippen molar-refractivity contribution in [3.63, 3.8) is 0 Å². The summed E-state index contributed by atoms with van der Waals surface area (Å²) < 4.78 is 0. The average Bonchev–Trinajstić information content (AvgIpc) is 2.64. The Labute approximate surface area is 95.6 Å². The highest BCUT2D eigenvalue weighted by molar-refractivity contribution is 8.14. The number of thioether (sulfide) groups is 1. The fraction of sp³-hybridized carbons (Fsp3) is 0.625. The molecule has 1 rings (SSSR count). The first-order valence-corrected chi connectivity index (χ1v) is 5.60. The van der Waals surface area contributed by atoms with E-state index in [0.29, 0.717) is 0 Å². The largest absolute Gasteiger partial charge is 0.480 e. The number of hydrogen-bond donors (Lipinski definition) is 4. The molecule has 1 heterocycles. The molecule has 1 aliphatic rings. The van der Waals surface area contributed by atoms with Crippen molar-refractivity contribution in [1.82, 2.24) is 10.6 Å². The molecule has 0 bridgehead atoms. The molecule has 1 saturated heterocycles. The number of carbonyl (C=O) groups excluding carboxylic acids is 2. The van der Waals surface area contributed by atoms with E-state index in [1.54, 1.807) is 0 Å². The van der Waals surface area contributed by atoms with Crippen LogP contribution in [0.15, 0.2) is 0 Å². The van der Waals surface area contributed by atoms with Crippen LogP contribution in [0.1, 0.15) is 6.42 Å². The molecule has 1 fully saturated rings. The second-order valence-corrected chi connectivity index (χ2v) is 4.20. The summed E-state index contributed by atoms with van der Waals surface area (Å²) in [6.07, 6.45) is -0.0606. The van der Waals surface area contributed by atoms with Crippen molar-refractivity contribution in [2.45, 2.75) is 18.5 Å². The lowest BCUT2D eigenvalue weighted by Gasteiger charge is -2.15. The molecule has 1 unspecified atom stereocenters. The summed E-state index contributed by atoms with van der Waals surface area (Å²) in [5.74, 6) is -1.46. The topological polar surface area (TPSA) is 116 Å². The number of rotatable bonds is 5. The minimum Gasteiger partial charge on any atom is -0.480 e. The number of amides is 2. The van der Waals surface area contributed by atoms with Crippen molar-refractivity contribution in [1.29, 1.82) is 0 Å². The first kappa shape index (κ1) is 12.8. The van der Waals surface area contributed by atoms with E-state index >= 15 is 0 Å². The number of nitrogens with one attached hydrogen (secondary N) is 2.